The van der Waals surface area contributed by atoms with E-state index in [9.17, 15) is 4.79 Å². The van der Waals surface area contributed by atoms with Crippen molar-refractivity contribution in [1.82, 2.24) is 10.2 Å². The first kappa shape index (κ1) is 15.6. The highest BCUT2D eigenvalue weighted by Gasteiger charge is 2.36. The maximum Gasteiger partial charge on any atom is 0.410 e. The molecule has 20 heavy (non-hydrogen) atoms. The van der Waals surface area contributed by atoms with Crippen LogP contribution in [-0.4, -0.2) is 48.3 Å². The third-order valence-electron chi connectivity index (χ3n) is 4.19. The van der Waals surface area contributed by atoms with Crippen molar-refractivity contribution in [3.8, 4) is 0 Å². The summed E-state index contributed by atoms with van der Waals surface area (Å²) in [6, 6.07) is 0.930. The van der Waals surface area contributed by atoms with E-state index in [0.29, 0.717) is 18.0 Å². The minimum Gasteiger partial charge on any atom is -0.444 e. The summed E-state index contributed by atoms with van der Waals surface area (Å²) < 4.78 is 5.36. The monoisotopic (exact) mass is 283 g/mol. The molecule has 0 radical (unpaired) electrons. The number of ether oxygens (including phenoxy) is 1. The van der Waals surface area contributed by atoms with E-state index in [4.69, 9.17) is 10.5 Å². The molecule has 5 heteroatoms. The Hall–Kier alpha value is -0.810. The van der Waals surface area contributed by atoms with Gasteiger partial charge in [-0.2, -0.15) is 0 Å². The number of nitrogens with zero attached hydrogens (tertiary/aromatic N) is 1. The van der Waals surface area contributed by atoms with Gasteiger partial charge in [-0.15, -0.1) is 0 Å². The Morgan fingerprint density at radius 1 is 1.30 bits per heavy atom. The van der Waals surface area contributed by atoms with E-state index in [2.05, 4.69) is 5.32 Å². The summed E-state index contributed by atoms with van der Waals surface area (Å²) in [6.45, 7) is 7.96. The number of hydrogen-bond acceptors (Lipinski definition) is 4. The zero-order chi connectivity index (χ0) is 14.8. The molecule has 1 saturated heterocycles. The van der Waals surface area contributed by atoms with E-state index in [0.717, 1.165) is 19.6 Å². The summed E-state index contributed by atoms with van der Waals surface area (Å²) in [5, 5.41) is 3.67. The van der Waals surface area contributed by atoms with Crippen LogP contribution in [0, 0.1) is 5.92 Å². The zero-order valence-electron chi connectivity index (χ0n) is 13.0. The van der Waals surface area contributed by atoms with Crippen LogP contribution >= 0.6 is 0 Å². The molecule has 2 rings (SSSR count). The Balaban J connectivity index is 1.72. The van der Waals surface area contributed by atoms with Crippen LogP contribution in [0.4, 0.5) is 4.79 Å². The van der Waals surface area contributed by atoms with Crippen molar-refractivity contribution < 1.29 is 9.53 Å². The molecular weight excluding hydrogens is 254 g/mol. The first-order valence-electron chi connectivity index (χ1n) is 7.83. The molecule has 0 aromatic heterocycles. The number of nitrogens with one attached hydrogen (secondary N) is 1. The van der Waals surface area contributed by atoms with Gasteiger partial charge in [0.25, 0.3) is 0 Å². The van der Waals surface area contributed by atoms with Crippen molar-refractivity contribution in [2.24, 2.45) is 11.7 Å². The predicted molar refractivity (Wildman–Crippen MR) is 79.5 cm³/mol. The molecule has 3 N–H and O–H groups in total. The first-order valence-corrected chi connectivity index (χ1v) is 7.83. The quantitative estimate of drug-likeness (QED) is 0.827. The Bertz CT molecular complexity index is 335. The summed E-state index contributed by atoms with van der Waals surface area (Å²) in [5.74, 6) is 0.597. The number of carbonyl (C=O) groups excluding carboxylic acids is 1. The van der Waals surface area contributed by atoms with E-state index in [1.54, 1.807) is 4.90 Å². The van der Waals surface area contributed by atoms with Crippen molar-refractivity contribution >= 4 is 6.09 Å². The minimum absolute atomic E-state index is 0.199. The van der Waals surface area contributed by atoms with Crippen LogP contribution < -0.4 is 11.1 Å². The Kier molecular flexibility index (Phi) is 4.91. The number of hydrogen-bond donors (Lipinski definition) is 2. The van der Waals surface area contributed by atoms with E-state index in [1.165, 1.54) is 25.7 Å². The van der Waals surface area contributed by atoms with Crippen LogP contribution in [0.2, 0.25) is 0 Å². The number of nitrogens with two attached hydrogens (primary N) is 1. The molecule has 1 heterocycles. The molecule has 1 aliphatic heterocycles. The third kappa shape index (κ3) is 4.09. The molecular formula is C15H29N3O2. The van der Waals surface area contributed by atoms with E-state index in [1.807, 2.05) is 20.8 Å². The van der Waals surface area contributed by atoms with Gasteiger partial charge >= 0.3 is 6.09 Å². The second-order valence-corrected chi connectivity index (χ2v) is 7.14. The lowest BCUT2D eigenvalue weighted by atomic mass is 9.84. The molecule has 2 aliphatic rings. The van der Waals surface area contributed by atoms with Gasteiger partial charge < -0.3 is 20.7 Å². The smallest absolute Gasteiger partial charge is 0.410 e. The lowest BCUT2D eigenvalue weighted by Crippen LogP contribution is -2.63. The zero-order valence-corrected chi connectivity index (χ0v) is 13.0. The summed E-state index contributed by atoms with van der Waals surface area (Å²) in [5.41, 5.74) is 5.44. The number of carbonyl (C=O) groups is 1. The molecule has 0 aromatic carbocycles. The fourth-order valence-corrected chi connectivity index (χ4v) is 3.07. The molecule has 5 nitrogen and oxygen atoms in total. The molecule has 0 aromatic rings. The van der Waals surface area contributed by atoms with Gasteiger partial charge in [-0.25, -0.2) is 4.79 Å². The summed E-state index contributed by atoms with van der Waals surface area (Å²) in [6.07, 6.45) is 4.84. The largest absolute Gasteiger partial charge is 0.444 e. The molecule has 0 bridgehead atoms. The van der Waals surface area contributed by atoms with Gasteiger partial charge in [0.05, 0.1) is 0 Å². The fraction of sp³-hybridized carbons (Fsp3) is 0.933. The SMILES string of the molecule is CC(C)(C)OC(=O)N1CC(NC2CCCCC2CN)C1. The van der Waals surface area contributed by atoms with Crippen LogP contribution in [0.15, 0.2) is 0 Å². The van der Waals surface area contributed by atoms with Gasteiger partial charge in [0.2, 0.25) is 0 Å². The van der Waals surface area contributed by atoms with Gasteiger partial charge in [0.15, 0.2) is 0 Å². The Morgan fingerprint density at radius 2 is 1.95 bits per heavy atom. The first-order chi connectivity index (χ1) is 9.39. The summed E-state index contributed by atoms with van der Waals surface area (Å²) in [4.78, 5) is 13.6. The Morgan fingerprint density at radius 3 is 2.55 bits per heavy atom. The second kappa shape index (κ2) is 6.31. The highest BCUT2D eigenvalue weighted by atomic mass is 16.6. The van der Waals surface area contributed by atoms with Crippen LogP contribution in [-0.2, 0) is 4.74 Å². The maximum absolute atomic E-state index is 11.9. The van der Waals surface area contributed by atoms with Crippen molar-refractivity contribution in [3.05, 3.63) is 0 Å². The van der Waals surface area contributed by atoms with Crippen molar-refractivity contribution in [2.75, 3.05) is 19.6 Å². The van der Waals surface area contributed by atoms with Crippen molar-refractivity contribution in [1.29, 1.82) is 0 Å². The second-order valence-electron chi connectivity index (χ2n) is 7.14. The van der Waals surface area contributed by atoms with Gasteiger partial charge in [-0.05, 0) is 46.1 Å². The van der Waals surface area contributed by atoms with Gasteiger partial charge in [0.1, 0.15) is 5.60 Å². The standard InChI is InChI=1S/C15H29N3O2/c1-15(2,3)20-14(19)18-9-12(10-18)17-13-7-5-4-6-11(13)8-16/h11-13,17H,4-10,16H2,1-3H3. The molecule has 1 amide bonds. The van der Waals surface area contributed by atoms with Gasteiger partial charge in [0, 0.05) is 25.2 Å². The molecule has 0 spiro atoms. The normalized spacial score (nSPS) is 28.1. The lowest BCUT2D eigenvalue weighted by molar-refractivity contribution is 0.00268. The van der Waals surface area contributed by atoms with Gasteiger partial charge in [-0.1, -0.05) is 12.8 Å². The van der Waals surface area contributed by atoms with Crippen LogP contribution in [0.5, 0.6) is 0 Å². The van der Waals surface area contributed by atoms with Crippen molar-refractivity contribution in [3.63, 3.8) is 0 Å². The topological polar surface area (TPSA) is 67.6 Å². The molecule has 1 aliphatic carbocycles. The number of likely N-dealkylation sites (tertiary alicyclic amines) is 1. The highest BCUT2D eigenvalue weighted by molar-refractivity contribution is 5.69. The molecule has 2 atom stereocenters. The minimum atomic E-state index is -0.413. The summed E-state index contributed by atoms with van der Waals surface area (Å²) >= 11 is 0. The molecule has 116 valence electrons. The van der Waals surface area contributed by atoms with Crippen LogP contribution in [0.1, 0.15) is 46.5 Å². The van der Waals surface area contributed by atoms with Gasteiger partial charge in [-0.3, -0.25) is 0 Å². The maximum atomic E-state index is 11.9. The average Bonchev–Trinajstić information content (AvgIpc) is 2.31. The van der Waals surface area contributed by atoms with E-state index >= 15 is 0 Å². The molecule has 2 unspecified atom stereocenters. The van der Waals surface area contributed by atoms with Crippen LogP contribution in [0.25, 0.3) is 0 Å². The summed E-state index contributed by atoms with van der Waals surface area (Å²) in [7, 11) is 0. The van der Waals surface area contributed by atoms with Crippen molar-refractivity contribution in [2.45, 2.75) is 64.1 Å². The Labute approximate surface area is 122 Å². The van der Waals surface area contributed by atoms with E-state index < -0.39 is 5.60 Å². The molecule has 2 fully saturated rings. The fourth-order valence-electron chi connectivity index (χ4n) is 3.07. The average molecular weight is 283 g/mol. The predicted octanol–water partition coefficient (Wildman–Crippen LogP) is 1.71. The number of rotatable bonds is 3. The number of amides is 1. The van der Waals surface area contributed by atoms with E-state index in [-0.39, 0.29) is 6.09 Å². The third-order valence-corrected chi connectivity index (χ3v) is 4.19. The highest BCUT2D eigenvalue weighted by Crippen LogP contribution is 2.25. The lowest BCUT2D eigenvalue weighted by Gasteiger charge is -2.43. The molecule has 1 saturated carbocycles. The van der Waals surface area contributed by atoms with Crippen LogP contribution in [0.3, 0.4) is 0 Å².